The summed E-state index contributed by atoms with van der Waals surface area (Å²) in [6.07, 6.45) is 6.50. The number of morpholine rings is 1. The van der Waals surface area contributed by atoms with Crippen molar-refractivity contribution in [3.63, 3.8) is 0 Å². The molecule has 3 unspecified atom stereocenters. The second-order valence-corrected chi connectivity index (χ2v) is 5.43. The lowest BCUT2D eigenvalue weighted by molar-refractivity contribution is -0.0851. The molecule has 0 spiro atoms. The summed E-state index contributed by atoms with van der Waals surface area (Å²) in [5, 5.41) is 0. The number of ether oxygens (including phenoxy) is 2. The van der Waals surface area contributed by atoms with Crippen molar-refractivity contribution < 1.29 is 9.47 Å². The highest BCUT2D eigenvalue weighted by molar-refractivity contribution is 4.78. The van der Waals surface area contributed by atoms with Gasteiger partial charge in [0.25, 0.3) is 0 Å². The van der Waals surface area contributed by atoms with Crippen LogP contribution in [0, 0.1) is 0 Å². The maximum Gasteiger partial charge on any atom is 0.0935 e. The Morgan fingerprint density at radius 3 is 2.94 bits per heavy atom. The average Bonchev–Trinajstić information content (AvgIpc) is 2.52. The summed E-state index contributed by atoms with van der Waals surface area (Å²) in [4.78, 5) is 2.30. The standard InChI is InChI=1S/C13H26N2O2/c1-15-7-8-16-11(9-15)10-17-13-6-4-2-3-5-12(13)14/h11-13H,2-10,14H2,1H3. The van der Waals surface area contributed by atoms with Crippen LogP contribution in [0.1, 0.15) is 32.1 Å². The molecular weight excluding hydrogens is 216 g/mol. The third kappa shape index (κ3) is 4.21. The summed E-state index contributed by atoms with van der Waals surface area (Å²) in [5.41, 5.74) is 6.15. The molecule has 1 saturated heterocycles. The highest BCUT2D eigenvalue weighted by Crippen LogP contribution is 2.19. The van der Waals surface area contributed by atoms with Gasteiger partial charge in [-0.3, -0.25) is 0 Å². The minimum atomic E-state index is 0.221. The van der Waals surface area contributed by atoms with Crippen LogP contribution in [0.15, 0.2) is 0 Å². The third-order valence-corrected chi connectivity index (χ3v) is 3.84. The van der Waals surface area contributed by atoms with Crippen molar-refractivity contribution in [2.45, 2.75) is 50.4 Å². The Morgan fingerprint density at radius 1 is 1.29 bits per heavy atom. The summed E-state index contributed by atoms with van der Waals surface area (Å²) in [7, 11) is 2.13. The lowest BCUT2D eigenvalue weighted by Crippen LogP contribution is -2.44. The Kier molecular flexibility index (Phi) is 5.22. The number of nitrogens with two attached hydrogens (primary N) is 1. The predicted molar refractivity (Wildman–Crippen MR) is 68.0 cm³/mol. The molecule has 2 rings (SSSR count). The van der Waals surface area contributed by atoms with Gasteiger partial charge in [0.1, 0.15) is 0 Å². The first-order chi connectivity index (χ1) is 8.25. The van der Waals surface area contributed by atoms with E-state index in [-0.39, 0.29) is 18.2 Å². The largest absolute Gasteiger partial charge is 0.374 e. The van der Waals surface area contributed by atoms with Crippen LogP contribution in [0.5, 0.6) is 0 Å². The van der Waals surface area contributed by atoms with Gasteiger partial charge in [-0.15, -0.1) is 0 Å². The van der Waals surface area contributed by atoms with Crippen molar-refractivity contribution in [1.29, 1.82) is 0 Å². The molecule has 0 radical (unpaired) electrons. The van der Waals surface area contributed by atoms with Crippen molar-refractivity contribution in [3.8, 4) is 0 Å². The molecule has 0 aromatic heterocycles. The molecule has 1 aliphatic carbocycles. The molecule has 3 atom stereocenters. The van der Waals surface area contributed by atoms with Crippen LogP contribution in [0.25, 0.3) is 0 Å². The van der Waals surface area contributed by atoms with E-state index in [0.717, 1.165) is 32.5 Å². The lowest BCUT2D eigenvalue weighted by Gasteiger charge is -2.31. The highest BCUT2D eigenvalue weighted by atomic mass is 16.5. The summed E-state index contributed by atoms with van der Waals surface area (Å²) in [5.74, 6) is 0. The molecule has 1 heterocycles. The van der Waals surface area contributed by atoms with Gasteiger partial charge in [-0.1, -0.05) is 19.3 Å². The van der Waals surface area contributed by atoms with Gasteiger partial charge in [-0.25, -0.2) is 0 Å². The third-order valence-electron chi connectivity index (χ3n) is 3.84. The Balaban J connectivity index is 1.72. The maximum absolute atomic E-state index is 6.15. The number of rotatable bonds is 3. The zero-order valence-corrected chi connectivity index (χ0v) is 10.9. The van der Waals surface area contributed by atoms with Crippen LogP contribution in [0.4, 0.5) is 0 Å². The van der Waals surface area contributed by atoms with Crippen molar-refractivity contribution in [2.24, 2.45) is 5.73 Å². The molecule has 1 saturated carbocycles. The molecule has 2 fully saturated rings. The summed E-state index contributed by atoms with van der Waals surface area (Å²) in [6, 6.07) is 0.221. The quantitative estimate of drug-likeness (QED) is 0.750. The Bertz CT molecular complexity index is 225. The topological polar surface area (TPSA) is 47.7 Å². The molecule has 0 bridgehead atoms. The lowest BCUT2D eigenvalue weighted by atomic mass is 10.1. The zero-order valence-electron chi connectivity index (χ0n) is 10.9. The molecule has 2 aliphatic rings. The van der Waals surface area contributed by atoms with Gasteiger partial charge in [0.2, 0.25) is 0 Å². The molecule has 100 valence electrons. The molecule has 2 N–H and O–H groups in total. The number of likely N-dealkylation sites (N-methyl/N-ethyl adjacent to an activating group) is 1. The van der Waals surface area contributed by atoms with Gasteiger partial charge >= 0.3 is 0 Å². The maximum atomic E-state index is 6.15. The fourth-order valence-electron chi connectivity index (χ4n) is 2.71. The van der Waals surface area contributed by atoms with E-state index >= 15 is 0 Å². The van der Waals surface area contributed by atoms with E-state index in [4.69, 9.17) is 15.2 Å². The van der Waals surface area contributed by atoms with Crippen molar-refractivity contribution in [2.75, 3.05) is 33.4 Å². The monoisotopic (exact) mass is 242 g/mol. The van der Waals surface area contributed by atoms with E-state index in [2.05, 4.69) is 11.9 Å². The van der Waals surface area contributed by atoms with E-state index in [1.807, 2.05) is 0 Å². The first-order valence-corrected chi connectivity index (χ1v) is 6.93. The van der Waals surface area contributed by atoms with Crippen LogP contribution in [-0.4, -0.2) is 56.5 Å². The summed E-state index contributed by atoms with van der Waals surface area (Å²) < 4.78 is 11.7. The Hall–Kier alpha value is -0.160. The SMILES string of the molecule is CN1CCOC(COC2CCCCCC2N)C1. The van der Waals surface area contributed by atoms with Crippen LogP contribution in [-0.2, 0) is 9.47 Å². The summed E-state index contributed by atoms with van der Waals surface area (Å²) >= 11 is 0. The minimum absolute atomic E-state index is 0.221. The fourth-order valence-corrected chi connectivity index (χ4v) is 2.71. The normalized spacial score (nSPS) is 36.7. The predicted octanol–water partition coefficient (Wildman–Crippen LogP) is 0.994. The second kappa shape index (κ2) is 6.69. The van der Waals surface area contributed by atoms with Gasteiger partial charge < -0.3 is 20.1 Å². The van der Waals surface area contributed by atoms with E-state index in [1.54, 1.807) is 0 Å². The number of hydrogen-bond donors (Lipinski definition) is 1. The van der Waals surface area contributed by atoms with Gasteiger partial charge in [0, 0.05) is 19.1 Å². The Morgan fingerprint density at radius 2 is 2.12 bits per heavy atom. The molecule has 17 heavy (non-hydrogen) atoms. The smallest absolute Gasteiger partial charge is 0.0935 e. The van der Waals surface area contributed by atoms with E-state index in [0.29, 0.717) is 6.61 Å². The van der Waals surface area contributed by atoms with Gasteiger partial charge in [0.15, 0.2) is 0 Å². The average molecular weight is 242 g/mol. The Labute approximate surface area is 104 Å². The fraction of sp³-hybridized carbons (Fsp3) is 1.00. The molecule has 1 aliphatic heterocycles. The zero-order chi connectivity index (χ0) is 12.1. The molecule has 4 nitrogen and oxygen atoms in total. The van der Waals surface area contributed by atoms with Crippen molar-refractivity contribution >= 4 is 0 Å². The van der Waals surface area contributed by atoms with Gasteiger partial charge in [-0.2, -0.15) is 0 Å². The molecule has 0 amide bonds. The summed E-state index contributed by atoms with van der Waals surface area (Å²) in [6.45, 7) is 3.52. The molecule has 0 aromatic carbocycles. The van der Waals surface area contributed by atoms with Crippen molar-refractivity contribution in [1.82, 2.24) is 4.90 Å². The first kappa shape index (κ1) is 13.3. The number of hydrogen-bond acceptors (Lipinski definition) is 4. The van der Waals surface area contributed by atoms with E-state index in [1.165, 1.54) is 19.3 Å². The van der Waals surface area contributed by atoms with Gasteiger partial charge in [0.05, 0.1) is 25.4 Å². The molecule has 4 heteroatoms. The van der Waals surface area contributed by atoms with Crippen LogP contribution in [0.2, 0.25) is 0 Å². The number of nitrogens with zero attached hydrogens (tertiary/aromatic N) is 1. The van der Waals surface area contributed by atoms with Crippen molar-refractivity contribution in [3.05, 3.63) is 0 Å². The molecule has 0 aromatic rings. The second-order valence-electron chi connectivity index (χ2n) is 5.43. The van der Waals surface area contributed by atoms with E-state index < -0.39 is 0 Å². The molecular formula is C13H26N2O2. The van der Waals surface area contributed by atoms with Crippen LogP contribution < -0.4 is 5.73 Å². The van der Waals surface area contributed by atoms with Crippen LogP contribution in [0.3, 0.4) is 0 Å². The van der Waals surface area contributed by atoms with Crippen LogP contribution >= 0.6 is 0 Å². The first-order valence-electron chi connectivity index (χ1n) is 6.93. The minimum Gasteiger partial charge on any atom is -0.374 e. The van der Waals surface area contributed by atoms with E-state index in [9.17, 15) is 0 Å². The highest BCUT2D eigenvalue weighted by Gasteiger charge is 2.24. The van der Waals surface area contributed by atoms with Gasteiger partial charge in [-0.05, 0) is 19.9 Å².